The van der Waals surface area contributed by atoms with Crippen LogP contribution in [0.5, 0.6) is 0 Å². The summed E-state index contributed by atoms with van der Waals surface area (Å²) in [4.78, 5) is 23.8. The molecule has 0 saturated carbocycles. The Morgan fingerprint density at radius 1 is 1.06 bits per heavy atom. The van der Waals surface area contributed by atoms with Gasteiger partial charge in [0.05, 0.1) is 5.69 Å². The smallest absolute Gasteiger partial charge is 0.328 e. The highest BCUT2D eigenvalue weighted by molar-refractivity contribution is 5.89. The van der Waals surface area contributed by atoms with Gasteiger partial charge in [0.2, 0.25) is 0 Å². The standard InChI is InChI=1S/C23H29N3O.C4H4O4/c1-25(2)20-9-10-21-22(24-27-23(21)16-20)11-8-18-12-14-26(15-13-18)17-19-6-4-3-5-7-19;5-3(6)1-2-4(7)8/h3-7,9-10,16,18H,8,11-15,17H2,1-2H3;1-2H,(H,5,6)(H,7,8). The number of aromatic nitrogens is 1. The number of piperidine rings is 1. The number of fused-ring (bicyclic) bond motifs is 1. The molecule has 0 amide bonds. The molecule has 4 rings (SSSR count). The molecule has 2 N–H and O–H groups in total. The van der Waals surface area contributed by atoms with Crippen molar-refractivity contribution in [3.63, 3.8) is 0 Å². The zero-order valence-electron chi connectivity index (χ0n) is 20.3. The molecule has 0 spiro atoms. The lowest BCUT2D eigenvalue weighted by atomic mass is 9.91. The second-order valence-corrected chi connectivity index (χ2v) is 8.96. The zero-order chi connectivity index (χ0) is 25.2. The molecular weight excluding hydrogens is 446 g/mol. The summed E-state index contributed by atoms with van der Waals surface area (Å²) < 4.78 is 5.58. The van der Waals surface area contributed by atoms with Gasteiger partial charge in [0, 0.05) is 49.9 Å². The highest BCUT2D eigenvalue weighted by Crippen LogP contribution is 2.27. The van der Waals surface area contributed by atoms with Gasteiger partial charge in [0.15, 0.2) is 5.58 Å². The van der Waals surface area contributed by atoms with Gasteiger partial charge in [-0.3, -0.25) is 4.90 Å². The van der Waals surface area contributed by atoms with Gasteiger partial charge < -0.3 is 19.6 Å². The third-order valence-electron chi connectivity index (χ3n) is 6.16. The number of anilines is 1. The summed E-state index contributed by atoms with van der Waals surface area (Å²) in [6.45, 7) is 3.48. The van der Waals surface area contributed by atoms with Crippen molar-refractivity contribution >= 4 is 28.6 Å². The summed E-state index contributed by atoms with van der Waals surface area (Å²) >= 11 is 0. The molecule has 1 aliphatic heterocycles. The van der Waals surface area contributed by atoms with E-state index in [1.54, 1.807) is 0 Å². The van der Waals surface area contributed by atoms with Crippen LogP contribution in [0, 0.1) is 5.92 Å². The van der Waals surface area contributed by atoms with Crippen LogP contribution in [0.1, 0.15) is 30.5 Å². The molecule has 8 heteroatoms. The van der Waals surface area contributed by atoms with E-state index in [1.807, 2.05) is 14.1 Å². The Kier molecular flexibility index (Phi) is 9.43. The van der Waals surface area contributed by atoms with Crippen molar-refractivity contribution in [2.75, 3.05) is 32.1 Å². The summed E-state index contributed by atoms with van der Waals surface area (Å²) in [7, 11) is 4.09. The Balaban J connectivity index is 0.000000371. The number of hydrogen-bond donors (Lipinski definition) is 2. The number of aryl methyl sites for hydroxylation is 1. The number of rotatable bonds is 8. The minimum Gasteiger partial charge on any atom is -0.478 e. The maximum absolute atomic E-state index is 9.55. The molecule has 2 aromatic carbocycles. The van der Waals surface area contributed by atoms with Crippen molar-refractivity contribution in [3.8, 4) is 0 Å². The molecule has 0 atom stereocenters. The van der Waals surface area contributed by atoms with E-state index in [9.17, 15) is 9.59 Å². The Morgan fingerprint density at radius 2 is 1.71 bits per heavy atom. The van der Waals surface area contributed by atoms with Crippen LogP contribution in [0.2, 0.25) is 0 Å². The summed E-state index contributed by atoms with van der Waals surface area (Å²) in [6, 6.07) is 17.2. The van der Waals surface area contributed by atoms with E-state index in [1.165, 1.54) is 43.3 Å². The minimum absolute atomic E-state index is 0.558. The topological polar surface area (TPSA) is 107 Å². The third kappa shape index (κ3) is 8.26. The monoisotopic (exact) mass is 479 g/mol. The van der Waals surface area contributed by atoms with Crippen molar-refractivity contribution in [2.45, 2.75) is 32.2 Å². The molecule has 35 heavy (non-hydrogen) atoms. The average molecular weight is 480 g/mol. The van der Waals surface area contributed by atoms with Gasteiger partial charge in [-0.25, -0.2) is 9.59 Å². The van der Waals surface area contributed by atoms with Crippen molar-refractivity contribution in [1.82, 2.24) is 10.1 Å². The first-order valence-corrected chi connectivity index (χ1v) is 11.8. The number of carboxylic acid groups (broad SMARTS) is 2. The first-order chi connectivity index (χ1) is 16.8. The van der Waals surface area contributed by atoms with E-state index >= 15 is 0 Å². The predicted molar refractivity (Wildman–Crippen MR) is 136 cm³/mol. The Labute approximate surface area is 205 Å². The molecular formula is C27H33N3O5. The number of hydrogen-bond acceptors (Lipinski definition) is 6. The lowest BCUT2D eigenvalue weighted by Gasteiger charge is -2.31. The number of carbonyl (C=O) groups is 2. The van der Waals surface area contributed by atoms with Crippen molar-refractivity contribution in [1.29, 1.82) is 0 Å². The summed E-state index contributed by atoms with van der Waals surface area (Å²) in [5.41, 5.74) is 4.58. The molecule has 2 heterocycles. The number of likely N-dealkylation sites (tertiary alicyclic amines) is 1. The molecule has 1 fully saturated rings. The van der Waals surface area contributed by atoms with Gasteiger partial charge in [0.1, 0.15) is 0 Å². The zero-order valence-corrected chi connectivity index (χ0v) is 20.3. The SMILES string of the molecule is CN(C)c1ccc2c(CCC3CCN(Cc4ccccc4)CC3)noc2c1.O=C(O)C=CC(=O)O. The van der Waals surface area contributed by atoms with Crippen LogP contribution in [-0.4, -0.2) is 59.4 Å². The molecule has 186 valence electrons. The Bertz CT molecular complexity index is 1120. The van der Waals surface area contributed by atoms with Crippen LogP contribution in [0.3, 0.4) is 0 Å². The lowest BCUT2D eigenvalue weighted by molar-refractivity contribution is -0.134. The van der Waals surface area contributed by atoms with E-state index in [2.05, 4.69) is 63.5 Å². The Hall–Kier alpha value is -3.65. The fourth-order valence-electron chi connectivity index (χ4n) is 4.20. The van der Waals surface area contributed by atoms with Crippen LogP contribution in [0.15, 0.2) is 65.2 Å². The number of benzene rings is 2. The van der Waals surface area contributed by atoms with Gasteiger partial charge in [-0.15, -0.1) is 0 Å². The van der Waals surface area contributed by atoms with Crippen molar-refractivity contribution in [2.24, 2.45) is 5.92 Å². The number of carboxylic acids is 2. The van der Waals surface area contributed by atoms with E-state index in [0.29, 0.717) is 12.2 Å². The normalized spacial score (nSPS) is 14.6. The molecule has 1 aliphatic rings. The lowest BCUT2D eigenvalue weighted by Crippen LogP contribution is -2.33. The highest BCUT2D eigenvalue weighted by Gasteiger charge is 2.20. The molecule has 1 aromatic heterocycles. The average Bonchev–Trinajstić information content (AvgIpc) is 3.25. The Morgan fingerprint density at radius 3 is 2.31 bits per heavy atom. The highest BCUT2D eigenvalue weighted by atomic mass is 16.5. The molecule has 0 unspecified atom stereocenters. The van der Waals surface area contributed by atoms with Crippen molar-refractivity contribution < 1.29 is 24.3 Å². The largest absolute Gasteiger partial charge is 0.478 e. The molecule has 0 radical (unpaired) electrons. The third-order valence-corrected chi connectivity index (χ3v) is 6.16. The fourth-order valence-corrected chi connectivity index (χ4v) is 4.20. The summed E-state index contributed by atoms with van der Waals surface area (Å²) in [5, 5.41) is 21.1. The van der Waals surface area contributed by atoms with E-state index in [4.69, 9.17) is 14.7 Å². The fraction of sp³-hybridized carbons (Fsp3) is 0.370. The molecule has 8 nitrogen and oxygen atoms in total. The molecule has 0 bridgehead atoms. The first kappa shape index (κ1) is 26.0. The second kappa shape index (κ2) is 12.7. The quantitative estimate of drug-likeness (QED) is 0.457. The van der Waals surface area contributed by atoms with Gasteiger partial charge in [-0.2, -0.15) is 0 Å². The maximum Gasteiger partial charge on any atom is 0.328 e. The predicted octanol–water partition coefficient (Wildman–Crippen LogP) is 4.45. The summed E-state index contributed by atoms with van der Waals surface area (Å²) in [6.07, 6.45) is 5.90. The van der Waals surface area contributed by atoms with E-state index in [0.717, 1.165) is 35.8 Å². The van der Waals surface area contributed by atoms with Crippen molar-refractivity contribution in [3.05, 3.63) is 71.9 Å². The minimum atomic E-state index is -1.26. The summed E-state index contributed by atoms with van der Waals surface area (Å²) in [5.74, 6) is -1.72. The second-order valence-electron chi connectivity index (χ2n) is 8.96. The molecule has 1 saturated heterocycles. The van der Waals surface area contributed by atoms with Crippen LogP contribution >= 0.6 is 0 Å². The number of nitrogens with zero attached hydrogens (tertiary/aromatic N) is 3. The van der Waals surface area contributed by atoms with E-state index < -0.39 is 11.9 Å². The first-order valence-electron chi connectivity index (χ1n) is 11.8. The maximum atomic E-state index is 9.55. The molecule has 0 aliphatic carbocycles. The van der Waals surface area contributed by atoms with Gasteiger partial charge in [-0.05, 0) is 62.4 Å². The van der Waals surface area contributed by atoms with Gasteiger partial charge in [-0.1, -0.05) is 35.5 Å². The van der Waals surface area contributed by atoms with Gasteiger partial charge in [0.25, 0.3) is 0 Å². The number of aliphatic carboxylic acids is 2. The van der Waals surface area contributed by atoms with Crippen LogP contribution in [0.25, 0.3) is 11.0 Å². The van der Waals surface area contributed by atoms with E-state index in [-0.39, 0.29) is 0 Å². The van der Waals surface area contributed by atoms with Gasteiger partial charge >= 0.3 is 11.9 Å². The molecule has 3 aromatic rings. The van der Waals surface area contributed by atoms with Crippen LogP contribution in [-0.2, 0) is 22.6 Å². The van der Waals surface area contributed by atoms with Crippen LogP contribution < -0.4 is 4.90 Å². The van der Waals surface area contributed by atoms with Crippen LogP contribution in [0.4, 0.5) is 5.69 Å².